The summed E-state index contributed by atoms with van der Waals surface area (Å²) in [6.07, 6.45) is -0.859. The maximum Gasteiger partial charge on any atom is 0.106 e. The second-order valence-electron chi connectivity index (χ2n) is 3.74. The highest BCUT2D eigenvalue weighted by Gasteiger charge is 2.15. The minimum Gasteiger partial charge on any atom is -0.384 e. The van der Waals surface area contributed by atoms with E-state index in [4.69, 9.17) is 34.8 Å². The average molecular weight is 366 g/mol. The molecular weight excluding hydrogens is 358 g/mol. The summed E-state index contributed by atoms with van der Waals surface area (Å²) in [6, 6.07) is 10.2. The average Bonchev–Trinajstić information content (AvgIpc) is 2.35. The zero-order valence-electron chi connectivity index (χ0n) is 9.00. The van der Waals surface area contributed by atoms with Gasteiger partial charge >= 0.3 is 0 Å². The van der Waals surface area contributed by atoms with E-state index in [9.17, 15) is 5.11 Å². The third-order valence-corrected chi connectivity index (χ3v) is 4.32. The smallest absolute Gasteiger partial charge is 0.106 e. The number of halogens is 4. The molecule has 0 saturated heterocycles. The highest BCUT2D eigenvalue weighted by molar-refractivity contribution is 9.10. The van der Waals surface area contributed by atoms with Crippen LogP contribution < -0.4 is 0 Å². The van der Waals surface area contributed by atoms with Crippen molar-refractivity contribution in [3.8, 4) is 0 Å². The molecule has 0 aliphatic carbocycles. The van der Waals surface area contributed by atoms with Gasteiger partial charge in [0.1, 0.15) is 6.10 Å². The maximum atomic E-state index is 10.3. The monoisotopic (exact) mass is 364 g/mol. The van der Waals surface area contributed by atoms with Crippen LogP contribution >= 0.6 is 50.7 Å². The Morgan fingerprint density at radius 1 is 0.944 bits per heavy atom. The first-order valence-corrected chi connectivity index (χ1v) is 6.99. The van der Waals surface area contributed by atoms with Crippen molar-refractivity contribution in [1.82, 2.24) is 0 Å². The lowest BCUT2D eigenvalue weighted by Crippen LogP contribution is -2.00. The van der Waals surface area contributed by atoms with Gasteiger partial charge in [0.25, 0.3) is 0 Å². The van der Waals surface area contributed by atoms with Gasteiger partial charge in [-0.3, -0.25) is 0 Å². The van der Waals surface area contributed by atoms with Crippen LogP contribution in [0.25, 0.3) is 0 Å². The van der Waals surface area contributed by atoms with Gasteiger partial charge in [-0.25, -0.2) is 0 Å². The molecule has 0 amide bonds. The van der Waals surface area contributed by atoms with Crippen LogP contribution in [-0.4, -0.2) is 5.11 Å². The van der Waals surface area contributed by atoms with E-state index in [-0.39, 0.29) is 0 Å². The zero-order valence-corrected chi connectivity index (χ0v) is 12.9. The minimum atomic E-state index is -0.859. The summed E-state index contributed by atoms with van der Waals surface area (Å²) >= 11 is 21.3. The molecule has 0 aliphatic rings. The minimum absolute atomic E-state index is 0.464. The van der Waals surface area contributed by atoms with Crippen LogP contribution in [0.5, 0.6) is 0 Å². The van der Waals surface area contributed by atoms with Gasteiger partial charge in [0.05, 0.1) is 5.02 Å². The molecule has 1 nitrogen and oxygen atoms in total. The van der Waals surface area contributed by atoms with Crippen molar-refractivity contribution >= 4 is 50.7 Å². The summed E-state index contributed by atoms with van der Waals surface area (Å²) in [5, 5.41) is 11.8. The number of benzene rings is 2. The molecule has 0 saturated carbocycles. The maximum absolute atomic E-state index is 10.3. The van der Waals surface area contributed by atoms with Gasteiger partial charge in [0.2, 0.25) is 0 Å². The Morgan fingerprint density at radius 2 is 1.67 bits per heavy atom. The molecular formula is C13H8BrCl3O. The quantitative estimate of drug-likeness (QED) is 0.745. The van der Waals surface area contributed by atoms with Crippen LogP contribution in [0.4, 0.5) is 0 Å². The van der Waals surface area contributed by atoms with Gasteiger partial charge in [-0.15, -0.1) is 0 Å². The van der Waals surface area contributed by atoms with Gasteiger partial charge < -0.3 is 5.11 Å². The third kappa shape index (κ3) is 3.01. The van der Waals surface area contributed by atoms with E-state index in [0.717, 1.165) is 4.47 Å². The summed E-state index contributed by atoms with van der Waals surface area (Å²) in [4.78, 5) is 0. The van der Waals surface area contributed by atoms with E-state index >= 15 is 0 Å². The molecule has 0 radical (unpaired) electrons. The van der Waals surface area contributed by atoms with Gasteiger partial charge in [-0.2, -0.15) is 0 Å². The predicted molar refractivity (Wildman–Crippen MR) is 79.7 cm³/mol. The van der Waals surface area contributed by atoms with Crippen LogP contribution in [0.2, 0.25) is 15.1 Å². The first-order valence-electron chi connectivity index (χ1n) is 5.07. The summed E-state index contributed by atoms with van der Waals surface area (Å²) in [7, 11) is 0. The van der Waals surface area contributed by atoms with Crippen molar-refractivity contribution in [2.75, 3.05) is 0 Å². The van der Waals surface area contributed by atoms with E-state index in [2.05, 4.69) is 15.9 Å². The summed E-state index contributed by atoms with van der Waals surface area (Å²) < 4.78 is 0.775. The molecule has 94 valence electrons. The van der Waals surface area contributed by atoms with Crippen molar-refractivity contribution in [2.24, 2.45) is 0 Å². The summed E-state index contributed by atoms with van der Waals surface area (Å²) in [5.74, 6) is 0. The first kappa shape index (κ1) is 14.2. The number of aliphatic hydroxyl groups excluding tert-OH is 1. The third-order valence-electron chi connectivity index (χ3n) is 2.51. The fourth-order valence-electron chi connectivity index (χ4n) is 1.59. The molecule has 0 aromatic heterocycles. The molecule has 1 unspecified atom stereocenters. The Bertz CT molecular complexity index is 586. The fraction of sp³-hybridized carbons (Fsp3) is 0.0769. The van der Waals surface area contributed by atoms with Crippen molar-refractivity contribution in [3.63, 3.8) is 0 Å². The molecule has 0 heterocycles. The molecule has 2 aromatic carbocycles. The Hall–Kier alpha value is -0.250. The molecule has 0 aliphatic heterocycles. The largest absolute Gasteiger partial charge is 0.384 e. The van der Waals surface area contributed by atoms with Crippen LogP contribution in [0.15, 0.2) is 40.9 Å². The SMILES string of the molecule is OC(c1ccc(Br)c(Cl)c1)c1cc(Cl)ccc1Cl. The van der Waals surface area contributed by atoms with E-state index in [1.807, 2.05) is 0 Å². The number of aliphatic hydroxyl groups is 1. The van der Waals surface area contributed by atoms with Crippen LogP contribution in [0.1, 0.15) is 17.2 Å². The topological polar surface area (TPSA) is 20.2 Å². The van der Waals surface area contributed by atoms with E-state index in [1.165, 1.54) is 0 Å². The van der Waals surface area contributed by atoms with Gasteiger partial charge in [-0.05, 0) is 51.8 Å². The molecule has 2 aromatic rings. The van der Waals surface area contributed by atoms with Crippen molar-refractivity contribution in [1.29, 1.82) is 0 Å². The van der Waals surface area contributed by atoms with Crippen molar-refractivity contribution in [2.45, 2.75) is 6.10 Å². The Kier molecular flexibility index (Phi) is 4.57. The van der Waals surface area contributed by atoms with Crippen LogP contribution in [0, 0.1) is 0 Å². The lowest BCUT2D eigenvalue weighted by atomic mass is 10.0. The standard InChI is InChI=1S/C13H8BrCl3O/c14-10-3-1-7(5-12(10)17)13(18)9-6-8(15)2-4-11(9)16/h1-6,13,18H. The number of rotatable bonds is 2. The summed E-state index contributed by atoms with van der Waals surface area (Å²) in [6.45, 7) is 0. The molecule has 18 heavy (non-hydrogen) atoms. The highest BCUT2D eigenvalue weighted by Crippen LogP contribution is 2.33. The fourth-order valence-corrected chi connectivity index (χ4v) is 2.42. The number of hydrogen-bond acceptors (Lipinski definition) is 1. The van der Waals surface area contributed by atoms with E-state index < -0.39 is 6.10 Å². The van der Waals surface area contributed by atoms with Crippen molar-refractivity contribution in [3.05, 3.63) is 67.1 Å². The molecule has 2 rings (SSSR count). The Labute approximate surface area is 128 Å². The zero-order chi connectivity index (χ0) is 13.3. The highest BCUT2D eigenvalue weighted by atomic mass is 79.9. The normalized spacial score (nSPS) is 12.5. The number of hydrogen-bond donors (Lipinski definition) is 1. The van der Waals surface area contributed by atoms with Gasteiger partial charge in [-0.1, -0.05) is 40.9 Å². The van der Waals surface area contributed by atoms with Crippen LogP contribution in [-0.2, 0) is 0 Å². The first-order chi connectivity index (χ1) is 8.49. The van der Waals surface area contributed by atoms with E-state index in [0.29, 0.717) is 26.2 Å². The molecule has 0 bridgehead atoms. The Balaban J connectivity index is 2.44. The molecule has 5 heteroatoms. The molecule has 1 atom stereocenters. The van der Waals surface area contributed by atoms with Gasteiger partial charge in [0, 0.05) is 20.1 Å². The second kappa shape index (κ2) is 5.81. The second-order valence-corrected chi connectivity index (χ2v) is 5.85. The predicted octanol–water partition coefficient (Wildman–Crippen LogP) is 5.49. The summed E-state index contributed by atoms with van der Waals surface area (Å²) in [5.41, 5.74) is 1.22. The molecule has 0 fully saturated rings. The lowest BCUT2D eigenvalue weighted by Gasteiger charge is -2.14. The van der Waals surface area contributed by atoms with Crippen molar-refractivity contribution < 1.29 is 5.11 Å². The van der Waals surface area contributed by atoms with Gasteiger partial charge in [0.15, 0.2) is 0 Å². The lowest BCUT2D eigenvalue weighted by molar-refractivity contribution is 0.220. The molecule has 1 N–H and O–H groups in total. The Morgan fingerprint density at radius 3 is 2.33 bits per heavy atom. The molecule has 0 spiro atoms. The van der Waals surface area contributed by atoms with E-state index in [1.54, 1.807) is 36.4 Å². The van der Waals surface area contributed by atoms with Crippen LogP contribution in [0.3, 0.4) is 0 Å².